The molecule has 0 aliphatic heterocycles. The van der Waals surface area contributed by atoms with Crippen LogP contribution in [-0.2, 0) is 14.3 Å². The zero-order chi connectivity index (χ0) is 17.9. The molecule has 0 spiro atoms. The quantitative estimate of drug-likeness (QED) is 0.420. The van der Waals surface area contributed by atoms with E-state index in [-0.39, 0.29) is 11.9 Å². The highest BCUT2D eigenvalue weighted by atomic mass is 16.5. The molecular weight excluding hydrogens is 288 g/mol. The average molecular weight is 329 g/mol. The number of hydrogen-bond donors (Lipinski definition) is 0. The van der Waals surface area contributed by atoms with Crippen molar-refractivity contribution >= 4 is 5.97 Å². The second-order valence-electron chi connectivity index (χ2n) is 7.69. The van der Waals surface area contributed by atoms with E-state index < -0.39 is 5.41 Å². The summed E-state index contributed by atoms with van der Waals surface area (Å²) in [6.45, 7) is 14.0. The molecule has 3 nitrogen and oxygen atoms in total. The Balaban J connectivity index is 4.89. The highest BCUT2D eigenvalue weighted by molar-refractivity contribution is 5.77. The summed E-state index contributed by atoms with van der Waals surface area (Å²) in [7, 11) is 1.68. The van der Waals surface area contributed by atoms with Crippen molar-refractivity contribution in [3.8, 4) is 0 Å². The van der Waals surface area contributed by atoms with Crippen LogP contribution in [0.5, 0.6) is 0 Å². The molecule has 23 heavy (non-hydrogen) atoms. The van der Waals surface area contributed by atoms with Gasteiger partial charge in [-0.3, -0.25) is 4.79 Å². The molecule has 0 heterocycles. The van der Waals surface area contributed by atoms with Crippen LogP contribution in [0.1, 0.15) is 80.1 Å². The monoisotopic (exact) mass is 328 g/mol. The number of rotatable bonds is 13. The lowest BCUT2D eigenvalue weighted by Crippen LogP contribution is -2.42. The number of esters is 1. The molecule has 2 atom stereocenters. The molecule has 2 unspecified atom stereocenters. The van der Waals surface area contributed by atoms with Crippen LogP contribution in [0.25, 0.3) is 0 Å². The van der Waals surface area contributed by atoms with Gasteiger partial charge in [0.2, 0.25) is 0 Å². The van der Waals surface area contributed by atoms with Crippen molar-refractivity contribution in [1.29, 1.82) is 0 Å². The van der Waals surface area contributed by atoms with E-state index in [2.05, 4.69) is 41.5 Å². The van der Waals surface area contributed by atoms with Crippen molar-refractivity contribution in [2.45, 2.75) is 80.1 Å². The number of methoxy groups -OCH3 is 1. The first-order chi connectivity index (χ1) is 10.8. The largest absolute Gasteiger partial charge is 0.465 e. The van der Waals surface area contributed by atoms with Gasteiger partial charge in [-0.05, 0) is 37.0 Å². The molecule has 0 bridgehead atoms. The first kappa shape index (κ1) is 22.4. The molecule has 0 aromatic heterocycles. The number of carbonyl (C=O) groups is 1. The van der Waals surface area contributed by atoms with Crippen LogP contribution in [0.2, 0.25) is 0 Å². The Morgan fingerprint density at radius 3 is 2.17 bits per heavy atom. The SMILES string of the molecule is CCCCC(CC)COC(=O)C(CCC(C)C)(COC)C(C)C. The minimum Gasteiger partial charge on any atom is -0.465 e. The number of ether oxygens (including phenoxy) is 2. The third-order valence-electron chi connectivity index (χ3n) is 5.07. The molecule has 0 aromatic carbocycles. The van der Waals surface area contributed by atoms with Gasteiger partial charge in [-0.2, -0.15) is 0 Å². The second-order valence-corrected chi connectivity index (χ2v) is 7.69. The van der Waals surface area contributed by atoms with E-state index in [1.54, 1.807) is 7.11 Å². The molecule has 0 N–H and O–H groups in total. The maximum absolute atomic E-state index is 12.9. The first-order valence-electron chi connectivity index (χ1n) is 9.50. The summed E-state index contributed by atoms with van der Waals surface area (Å²) >= 11 is 0. The summed E-state index contributed by atoms with van der Waals surface area (Å²) in [5.41, 5.74) is -0.512. The van der Waals surface area contributed by atoms with E-state index in [0.717, 1.165) is 25.7 Å². The van der Waals surface area contributed by atoms with Gasteiger partial charge in [0.15, 0.2) is 0 Å². The lowest BCUT2D eigenvalue weighted by Gasteiger charge is -2.35. The molecule has 0 aliphatic rings. The summed E-state index contributed by atoms with van der Waals surface area (Å²) in [5.74, 6) is 1.21. The molecule has 0 saturated heterocycles. The van der Waals surface area contributed by atoms with Crippen molar-refractivity contribution < 1.29 is 14.3 Å². The van der Waals surface area contributed by atoms with E-state index in [1.807, 2.05) is 0 Å². The lowest BCUT2D eigenvalue weighted by molar-refractivity contribution is -0.165. The van der Waals surface area contributed by atoms with Crippen LogP contribution >= 0.6 is 0 Å². The van der Waals surface area contributed by atoms with E-state index in [9.17, 15) is 4.79 Å². The Labute approximate surface area is 144 Å². The summed E-state index contributed by atoms with van der Waals surface area (Å²) < 4.78 is 11.2. The van der Waals surface area contributed by atoms with Crippen LogP contribution in [0.4, 0.5) is 0 Å². The summed E-state index contributed by atoms with van der Waals surface area (Å²) in [4.78, 5) is 12.9. The number of hydrogen-bond acceptors (Lipinski definition) is 3. The highest BCUT2D eigenvalue weighted by Crippen LogP contribution is 2.36. The van der Waals surface area contributed by atoms with Gasteiger partial charge in [-0.25, -0.2) is 0 Å². The fourth-order valence-electron chi connectivity index (χ4n) is 2.96. The highest BCUT2D eigenvalue weighted by Gasteiger charge is 2.43. The smallest absolute Gasteiger partial charge is 0.314 e. The molecule has 138 valence electrons. The van der Waals surface area contributed by atoms with Gasteiger partial charge in [0, 0.05) is 7.11 Å². The van der Waals surface area contributed by atoms with Gasteiger partial charge >= 0.3 is 5.97 Å². The fraction of sp³-hybridized carbons (Fsp3) is 0.950. The molecule has 0 saturated carbocycles. The molecular formula is C20H40O3. The van der Waals surface area contributed by atoms with E-state index in [1.165, 1.54) is 12.8 Å². The fourth-order valence-corrected chi connectivity index (χ4v) is 2.96. The third kappa shape index (κ3) is 7.69. The predicted molar refractivity (Wildman–Crippen MR) is 97.5 cm³/mol. The van der Waals surface area contributed by atoms with E-state index >= 15 is 0 Å². The molecule has 0 aliphatic carbocycles. The van der Waals surface area contributed by atoms with Gasteiger partial charge in [0.1, 0.15) is 0 Å². The Morgan fingerprint density at radius 1 is 1.09 bits per heavy atom. The van der Waals surface area contributed by atoms with Gasteiger partial charge in [-0.1, -0.05) is 60.8 Å². The van der Waals surface area contributed by atoms with Gasteiger partial charge in [0.25, 0.3) is 0 Å². The average Bonchev–Trinajstić information content (AvgIpc) is 2.50. The minimum absolute atomic E-state index is 0.0649. The minimum atomic E-state index is -0.512. The van der Waals surface area contributed by atoms with E-state index in [4.69, 9.17) is 9.47 Å². The third-order valence-corrected chi connectivity index (χ3v) is 5.07. The zero-order valence-corrected chi connectivity index (χ0v) is 16.6. The van der Waals surface area contributed by atoms with Crippen LogP contribution in [0, 0.1) is 23.2 Å². The summed E-state index contributed by atoms with van der Waals surface area (Å²) in [6.07, 6.45) is 6.46. The normalized spacial score (nSPS) is 15.7. The maximum atomic E-state index is 12.9. The lowest BCUT2D eigenvalue weighted by atomic mass is 9.73. The Morgan fingerprint density at radius 2 is 1.74 bits per heavy atom. The number of carbonyl (C=O) groups excluding carboxylic acids is 1. The molecule has 0 aromatic rings. The predicted octanol–water partition coefficient (Wildman–Crippen LogP) is 5.47. The molecule has 0 amide bonds. The Hall–Kier alpha value is -0.570. The van der Waals surface area contributed by atoms with Gasteiger partial charge < -0.3 is 9.47 Å². The standard InChI is InChI=1S/C20H40O3/c1-8-10-11-18(9-2)14-23-19(21)20(15-22-7,17(5)6)13-12-16(3)4/h16-18H,8-15H2,1-7H3. The summed E-state index contributed by atoms with van der Waals surface area (Å²) in [5, 5.41) is 0. The van der Waals surface area contributed by atoms with Gasteiger partial charge in [0.05, 0.1) is 18.6 Å². The van der Waals surface area contributed by atoms with Gasteiger partial charge in [-0.15, -0.1) is 0 Å². The van der Waals surface area contributed by atoms with Crippen molar-refractivity contribution in [1.82, 2.24) is 0 Å². The van der Waals surface area contributed by atoms with Crippen LogP contribution in [-0.4, -0.2) is 26.3 Å². The van der Waals surface area contributed by atoms with Crippen LogP contribution in [0.3, 0.4) is 0 Å². The molecule has 0 rings (SSSR count). The maximum Gasteiger partial charge on any atom is 0.314 e. The Bertz CT molecular complexity index is 312. The van der Waals surface area contributed by atoms with Crippen LogP contribution < -0.4 is 0 Å². The van der Waals surface area contributed by atoms with E-state index in [0.29, 0.717) is 25.0 Å². The summed E-state index contributed by atoms with van der Waals surface area (Å²) in [6, 6.07) is 0. The zero-order valence-electron chi connectivity index (χ0n) is 16.6. The molecule has 3 heteroatoms. The Kier molecular flexibility index (Phi) is 11.6. The van der Waals surface area contributed by atoms with Crippen molar-refractivity contribution in [2.24, 2.45) is 23.2 Å². The topological polar surface area (TPSA) is 35.5 Å². The molecule has 0 radical (unpaired) electrons. The molecule has 0 fully saturated rings. The first-order valence-corrected chi connectivity index (χ1v) is 9.50. The van der Waals surface area contributed by atoms with Crippen molar-refractivity contribution in [3.63, 3.8) is 0 Å². The van der Waals surface area contributed by atoms with Crippen LogP contribution in [0.15, 0.2) is 0 Å². The second kappa shape index (κ2) is 11.9. The number of unbranched alkanes of at least 4 members (excludes halogenated alkanes) is 1. The van der Waals surface area contributed by atoms with Crippen molar-refractivity contribution in [2.75, 3.05) is 20.3 Å². The van der Waals surface area contributed by atoms with Crippen molar-refractivity contribution in [3.05, 3.63) is 0 Å².